The fourth-order valence-corrected chi connectivity index (χ4v) is 1.53. The van der Waals surface area contributed by atoms with Gasteiger partial charge >= 0.3 is 0 Å². The molecule has 0 aromatic rings. The molecule has 0 saturated carbocycles. The lowest BCUT2D eigenvalue weighted by Gasteiger charge is -1.99. The number of hydrogen-bond donors (Lipinski definition) is 1. The maximum absolute atomic E-state index is 10.6. The van der Waals surface area contributed by atoms with Gasteiger partial charge in [0.15, 0.2) is 9.84 Å². The number of rotatable bonds is 4. The molecule has 60 valence electrons. The van der Waals surface area contributed by atoms with Gasteiger partial charge in [-0.05, 0) is 13.0 Å². The van der Waals surface area contributed by atoms with Gasteiger partial charge in [0.1, 0.15) is 0 Å². The zero-order chi connectivity index (χ0) is 8.20. The van der Waals surface area contributed by atoms with Crippen molar-refractivity contribution in [3.05, 3.63) is 12.2 Å². The average molecular weight is 163 g/mol. The zero-order valence-corrected chi connectivity index (χ0v) is 6.95. The van der Waals surface area contributed by atoms with Gasteiger partial charge in [-0.25, -0.2) is 8.42 Å². The quantitative estimate of drug-likeness (QED) is 0.590. The lowest BCUT2D eigenvalue weighted by Crippen LogP contribution is -2.08. The lowest BCUT2D eigenvalue weighted by molar-refractivity contribution is 0.603. The second-order valence-corrected chi connectivity index (χ2v) is 4.50. The highest BCUT2D eigenvalue weighted by Crippen LogP contribution is 1.99. The average Bonchev–Trinajstić information content (AvgIpc) is 1.59. The molecule has 0 amide bonds. The Balaban J connectivity index is 3.82. The van der Waals surface area contributed by atoms with Crippen molar-refractivity contribution in [3.63, 3.8) is 0 Å². The molecule has 0 heterocycles. The molecule has 0 bridgehead atoms. The van der Waals surface area contributed by atoms with Crippen LogP contribution in [0.15, 0.2) is 12.2 Å². The Kier molecular flexibility index (Phi) is 3.60. The van der Waals surface area contributed by atoms with Crippen LogP contribution >= 0.6 is 0 Å². The van der Waals surface area contributed by atoms with Crippen molar-refractivity contribution in [2.24, 2.45) is 5.73 Å². The van der Waals surface area contributed by atoms with Gasteiger partial charge in [0.25, 0.3) is 0 Å². The van der Waals surface area contributed by atoms with Crippen molar-refractivity contribution >= 4 is 9.84 Å². The molecule has 0 aliphatic rings. The molecule has 0 radical (unpaired) electrons. The third-order valence-electron chi connectivity index (χ3n) is 0.964. The first-order valence-corrected chi connectivity index (χ1v) is 5.06. The summed E-state index contributed by atoms with van der Waals surface area (Å²) in [6, 6.07) is 0. The summed E-state index contributed by atoms with van der Waals surface area (Å²) < 4.78 is 21.2. The van der Waals surface area contributed by atoms with Gasteiger partial charge in [-0.3, -0.25) is 0 Å². The van der Waals surface area contributed by atoms with Gasteiger partial charge in [-0.15, -0.1) is 0 Å². The Labute approximate surface area is 61.8 Å². The summed E-state index contributed by atoms with van der Waals surface area (Å²) in [6.45, 7) is 4.04. The third-order valence-corrected chi connectivity index (χ3v) is 1.90. The van der Waals surface area contributed by atoms with E-state index in [0.29, 0.717) is 18.5 Å². The smallest absolute Gasteiger partial charge is 0.151 e. The molecule has 0 atom stereocenters. The molecule has 0 aliphatic carbocycles. The second-order valence-electron chi connectivity index (χ2n) is 2.36. The predicted molar refractivity (Wildman–Crippen MR) is 42.5 cm³/mol. The minimum Gasteiger partial charge on any atom is -0.330 e. The molecule has 2 N–H and O–H groups in total. The molecule has 0 aliphatic heterocycles. The maximum atomic E-state index is 10.6. The van der Waals surface area contributed by atoms with Gasteiger partial charge in [0.2, 0.25) is 0 Å². The van der Waals surface area contributed by atoms with E-state index in [1.807, 2.05) is 0 Å². The summed E-state index contributed by atoms with van der Waals surface area (Å²) in [5.74, 6) is 0.0597. The molecule has 0 unspecified atom stereocenters. The molecule has 4 heteroatoms. The van der Waals surface area contributed by atoms with Gasteiger partial charge in [-0.2, -0.15) is 0 Å². The summed E-state index contributed by atoms with van der Waals surface area (Å²) in [5.41, 5.74) is 5.88. The van der Waals surface area contributed by atoms with Crippen LogP contribution in [0, 0.1) is 0 Å². The molecule has 10 heavy (non-hydrogen) atoms. The molecule has 0 rings (SSSR count). The van der Waals surface area contributed by atoms with Crippen LogP contribution in [0.5, 0.6) is 0 Å². The Morgan fingerprint density at radius 1 is 1.60 bits per heavy atom. The van der Waals surface area contributed by atoms with Crippen molar-refractivity contribution in [2.75, 3.05) is 18.6 Å². The summed E-state index contributed by atoms with van der Waals surface area (Å²) >= 11 is 0. The number of nitrogens with two attached hydrogens (primary N) is 1. The second kappa shape index (κ2) is 3.73. The fourth-order valence-electron chi connectivity index (χ4n) is 0.647. The van der Waals surface area contributed by atoms with Crippen molar-refractivity contribution in [2.45, 2.75) is 6.42 Å². The van der Waals surface area contributed by atoms with Gasteiger partial charge < -0.3 is 5.73 Å². The normalized spacial score (nSPS) is 11.4. The van der Waals surface area contributed by atoms with Gasteiger partial charge in [0.05, 0.1) is 5.75 Å². The first kappa shape index (κ1) is 9.65. The minimum absolute atomic E-state index is 0.0597. The third kappa shape index (κ3) is 5.78. The van der Waals surface area contributed by atoms with E-state index in [2.05, 4.69) is 6.58 Å². The lowest BCUT2D eigenvalue weighted by atomic mass is 10.2. The van der Waals surface area contributed by atoms with Crippen LogP contribution in [0.3, 0.4) is 0 Å². The Hall–Kier alpha value is -0.350. The number of hydrogen-bond acceptors (Lipinski definition) is 3. The topological polar surface area (TPSA) is 60.2 Å². The van der Waals surface area contributed by atoms with Crippen LogP contribution in [-0.4, -0.2) is 27.0 Å². The number of sulfone groups is 1. The molecule has 0 fully saturated rings. The van der Waals surface area contributed by atoms with Crippen LogP contribution in [0.1, 0.15) is 6.42 Å². The van der Waals surface area contributed by atoms with Crippen molar-refractivity contribution in [1.82, 2.24) is 0 Å². The largest absolute Gasteiger partial charge is 0.330 e. The summed E-state index contributed by atoms with van der Waals surface area (Å²) in [6.07, 6.45) is 1.78. The Morgan fingerprint density at radius 3 is 2.40 bits per heavy atom. The molecule has 0 aromatic heterocycles. The van der Waals surface area contributed by atoms with E-state index < -0.39 is 9.84 Å². The fraction of sp³-hybridized carbons (Fsp3) is 0.667. The van der Waals surface area contributed by atoms with E-state index in [4.69, 9.17) is 5.73 Å². The van der Waals surface area contributed by atoms with Crippen LogP contribution in [0.25, 0.3) is 0 Å². The van der Waals surface area contributed by atoms with Crippen molar-refractivity contribution < 1.29 is 8.42 Å². The SMILES string of the molecule is C=C(CCN)CS(C)(=O)=O. The Bertz CT molecular complexity index is 206. The summed E-state index contributed by atoms with van der Waals surface area (Å²) in [7, 11) is -2.90. The monoisotopic (exact) mass is 163 g/mol. The molecule has 3 nitrogen and oxygen atoms in total. The van der Waals surface area contributed by atoms with Gasteiger partial charge in [-0.1, -0.05) is 12.2 Å². The maximum Gasteiger partial charge on any atom is 0.151 e. The standard InChI is InChI=1S/C6H13NO2S/c1-6(3-4-7)5-10(2,8)9/h1,3-5,7H2,2H3. The summed E-state index contributed by atoms with van der Waals surface area (Å²) in [4.78, 5) is 0. The minimum atomic E-state index is -2.90. The molecular weight excluding hydrogens is 150 g/mol. The Morgan fingerprint density at radius 2 is 2.10 bits per heavy atom. The van der Waals surface area contributed by atoms with Crippen LogP contribution in [0.2, 0.25) is 0 Å². The zero-order valence-electron chi connectivity index (χ0n) is 6.13. The summed E-state index contributed by atoms with van der Waals surface area (Å²) in [5, 5.41) is 0. The first-order chi connectivity index (χ1) is 4.45. The molecular formula is C6H13NO2S. The van der Waals surface area contributed by atoms with Crippen LogP contribution in [-0.2, 0) is 9.84 Å². The van der Waals surface area contributed by atoms with E-state index in [0.717, 1.165) is 0 Å². The molecule has 0 spiro atoms. The van der Waals surface area contributed by atoms with Crippen LogP contribution in [0.4, 0.5) is 0 Å². The highest BCUT2D eigenvalue weighted by molar-refractivity contribution is 7.90. The molecule has 0 aromatic carbocycles. The van der Waals surface area contributed by atoms with E-state index in [1.54, 1.807) is 0 Å². The van der Waals surface area contributed by atoms with E-state index >= 15 is 0 Å². The first-order valence-electron chi connectivity index (χ1n) is 3.00. The van der Waals surface area contributed by atoms with Gasteiger partial charge in [0, 0.05) is 6.26 Å². The highest BCUT2D eigenvalue weighted by atomic mass is 32.2. The van der Waals surface area contributed by atoms with Crippen molar-refractivity contribution in [3.8, 4) is 0 Å². The predicted octanol–water partition coefficient (Wildman–Crippen LogP) is -0.0640. The van der Waals surface area contributed by atoms with E-state index in [9.17, 15) is 8.42 Å². The van der Waals surface area contributed by atoms with Crippen molar-refractivity contribution in [1.29, 1.82) is 0 Å². The van der Waals surface area contributed by atoms with E-state index in [-0.39, 0.29) is 5.75 Å². The molecule has 0 saturated heterocycles. The highest BCUT2D eigenvalue weighted by Gasteiger charge is 2.03. The van der Waals surface area contributed by atoms with Crippen LogP contribution < -0.4 is 5.73 Å². The van der Waals surface area contributed by atoms with E-state index in [1.165, 1.54) is 6.26 Å².